The number of hydrogen-bond acceptors (Lipinski definition) is 1. The standard InChI is InChI=1S/C14H21N/c1-12(2)7-9-15-10-8-13-5-3-4-6-14(13)11-15/h3-6,12H,7-11H2,1-2H3. The Morgan fingerprint density at radius 1 is 1.20 bits per heavy atom. The number of nitrogens with zero attached hydrogens (tertiary/aromatic N) is 1. The third kappa shape index (κ3) is 2.82. The van der Waals surface area contributed by atoms with Crippen LogP contribution in [0.15, 0.2) is 24.3 Å². The molecule has 0 saturated carbocycles. The van der Waals surface area contributed by atoms with E-state index in [1.807, 2.05) is 0 Å². The minimum atomic E-state index is 0.821. The second kappa shape index (κ2) is 4.80. The average Bonchev–Trinajstić information content (AvgIpc) is 2.26. The van der Waals surface area contributed by atoms with Gasteiger partial charge in [-0.1, -0.05) is 38.1 Å². The summed E-state index contributed by atoms with van der Waals surface area (Å²) in [5.74, 6) is 0.821. The summed E-state index contributed by atoms with van der Waals surface area (Å²) in [6.07, 6.45) is 2.55. The van der Waals surface area contributed by atoms with E-state index in [4.69, 9.17) is 0 Å². The van der Waals surface area contributed by atoms with E-state index >= 15 is 0 Å². The van der Waals surface area contributed by atoms with Crippen molar-refractivity contribution in [2.24, 2.45) is 5.92 Å². The van der Waals surface area contributed by atoms with Gasteiger partial charge in [0, 0.05) is 13.1 Å². The summed E-state index contributed by atoms with van der Waals surface area (Å²) in [6.45, 7) is 8.26. The molecule has 0 bridgehead atoms. The molecule has 0 spiro atoms. The molecule has 1 nitrogen and oxygen atoms in total. The van der Waals surface area contributed by atoms with Gasteiger partial charge in [-0.25, -0.2) is 0 Å². The molecule has 82 valence electrons. The Kier molecular flexibility index (Phi) is 3.42. The van der Waals surface area contributed by atoms with Crippen molar-refractivity contribution in [2.75, 3.05) is 13.1 Å². The summed E-state index contributed by atoms with van der Waals surface area (Å²) < 4.78 is 0. The van der Waals surface area contributed by atoms with Crippen molar-refractivity contribution in [3.05, 3.63) is 35.4 Å². The molecule has 1 heteroatoms. The van der Waals surface area contributed by atoms with Gasteiger partial charge in [-0.05, 0) is 36.4 Å². The van der Waals surface area contributed by atoms with Crippen LogP contribution >= 0.6 is 0 Å². The third-order valence-electron chi connectivity index (χ3n) is 3.23. The normalized spacial score (nSPS) is 16.7. The molecule has 0 aromatic heterocycles. The zero-order valence-electron chi connectivity index (χ0n) is 9.87. The molecule has 1 heterocycles. The van der Waals surface area contributed by atoms with E-state index in [9.17, 15) is 0 Å². The van der Waals surface area contributed by atoms with E-state index in [-0.39, 0.29) is 0 Å². The maximum atomic E-state index is 2.59. The van der Waals surface area contributed by atoms with Gasteiger partial charge < -0.3 is 0 Å². The van der Waals surface area contributed by atoms with Crippen LogP contribution < -0.4 is 0 Å². The SMILES string of the molecule is CC(C)CCN1CCc2ccccc2C1. The Morgan fingerprint density at radius 2 is 1.93 bits per heavy atom. The smallest absolute Gasteiger partial charge is 0.0236 e. The zero-order valence-corrected chi connectivity index (χ0v) is 9.87. The van der Waals surface area contributed by atoms with Gasteiger partial charge in [-0.15, -0.1) is 0 Å². The average molecular weight is 203 g/mol. The first kappa shape index (κ1) is 10.7. The Bertz CT molecular complexity index is 317. The first-order chi connectivity index (χ1) is 7.25. The fraction of sp³-hybridized carbons (Fsp3) is 0.571. The number of fused-ring (bicyclic) bond motifs is 1. The Labute approximate surface area is 93.1 Å². The molecule has 1 aliphatic rings. The highest BCUT2D eigenvalue weighted by Gasteiger charge is 2.14. The van der Waals surface area contributed by atoms with Gasteiger partial charge in [-0.2, -0.15) is 0 Å². The van der Waals surface area contributed by atoms with Crippen molar-refractivity contribution >= 4 is 0 Å². The van der Waals surface area contributed by atoms with E-state index in [0.29, 0.717) is 0 Å². The van der Waals surface area contributed by atoms with Crippen molar-refractivity contribution in [1.29, 1.82) is 0 Å². The predicted octanol–water partition coefficient (Wildman–Crippen LogP) is 3.09. The first-order valence-electron chi connectivity index (χ1n) is 6.05. The summed E-state index contributed by atoms with van der Waals surface area (Å²) in [4.78, 5) is 2.59. The Morgan fingerprint density at radius 3 is 2.67 bits per heavy atom. The highest BCUT2D eigenvalue weighted by Crippen LogP contribution is 2.18. The van der Waals surface area contributed by atoms with Gasteiger partial charge in [0.2, 0.25) is 0 Å². The summed E-state index contributed by atoms with van der Waals surface area (Å²) in [5, 5.41) is 0. The predicted molar refractivity (Wildman–Crippen MR) is 64.9 cm³/mol. The fourth-order valence-electron chi connectivity index (χ4n) is 2.19. The lowest BCUT2D eigenvalue weighted by Gasteiger charge is -2.29. The molecule has 1 aromatic carbocycles. The lowest BCUT2D eigenvalue weighted by atomic mass is 9.99. The summed E-state index contributed by atoms with van der Waals surface area (Å²) in [6, 6.07) is 8.86. The van der Waals surface area contributed by atoms with Crippen molar-refractivity contribution < 1.29 is 0 Å². The number of rotatable bonds is 3. The third-order valence-corrected chi connectivity index (χ3v) is 3.23. The number of hydrogen-bond donors (Lipinski definition) is 0. The minimum absolute atomic E-state index is 0.821. The fourth-order valence-corrected chi connectivity index (χ4v) is 2.19. The minimum Gasteiger partial charge on any atom is -0.299 e. The van der Waals surface area contributed by atoms with Crippen LogP contribution in [-0.2, 0) is 13.0 Å². The van der Waals surface area contributed by atoms with Crippen molar-refractivity contribution in [3.63, 3.8) is 0 Å². The molecule has 0 radical (unpaired) electrons. The Hall–Kier alpha value is -0.820. The van der Waals surface area contributed by atoms with Crippen LogP contribution in [0.4, 0.5) is 0 Å². The second-order valence-corrected chi connectivity index (χ2v) is 4.98. The zero-order chi connectivity index (χ0) is 10.7. The van der Waals surface area contributed by atoms with E-state index in [1.54, 1.807) is 5.56 Å². The molecule has 0 saturated heterocycles. The van der Waals surface area contributed by atoms with Gasteiger partial charge in [0.25, 0.3) is 0 Å². The monoisotopic (exact) mass is 203 g/mol. The molecular formula is C14H21N. The van der Waals surface area contributed by atoms with Crippen molar-refractivity contribution in [3.8, 4) is 0 Å². The lowest BCUT2D eigenvalue weighted by molar-refractivity contribution is 0.239. The lowest BCUT2D eigenvalue weighted by Crippen LogP contribution is -2.31. The highest BCUT2D eigenvalue weighted by molar-refractivity contribution is 5.28. The van der Waals surface area contributed by atoms with Crippen LogP contribution in [-0.4, -0.2) is 18.0 Å². The molecule has 1 aliphatic heterocycles. The van der Waals surface area contributed by atoms with Gasteiger partial charge in [0.15, 0.2) is 0 Å². The van der Waals surface area contributed by atoms with Crippen molar-refractivity contribution in [1.82, 2.24) is 4.90 Å². The molecule has 1 aromatic rings. The molecule has 0 atom stereocenters. The maximum absolute atomic E-state index is 2.59. The molecular weight excluding hydrogens is 182 g/mol. The molecule has 0 fully saturated rings. The topological polar surface area (TPSA) is 3.24 Å². The molecule has 15 heavy (non-hydrogen) atoms. The number of benzene rings is 1. The van der Waals surface area contributed by atoms with E-state index in [0.717, 1.165) is 12.5 Å². The van der Waals surface area contributed by atoms with Crippen LogP contribution in [0.3, 0.4) is 0 Å². The molecule has 2 rings (SSSR count). The van der Waals surface area contributed by atoms with Gasteiger partial charge in [-0.3, -0.25) is 4.90 Å². The van der Waals surface area contributed by atoms with Crippen molar-refractivity contribution in [2.45, 2.75) is 33.2 Å². The Balaban J connectivity index is 1.94. The van der Waals surface area contributed by atoms with Gasteiger partial charge >= 0.3 is 0 Å². The van der Waals surface area contributed by atoms with Crippen LogP contribution in [0.2, 0.25) is 0 Å². The molecule has 0 N–H and O–H groups in total. The van der Waals surface area contributed by atoms with E-state index in [2.05, 4.69) is 43.0 Å². The molecule has 0 aliphatic carbocycles. The first-order valence-corrected chi connectivity index (χ1v) is 6.05. The van der Waals surface area contributed by atoms with Crippen LogP contribution in [0.25, 0.3) is 0 Å². The van der Waals surface area contributed by atoms with Gasteiger partial charge in [0.1, 0.15) is 0 Å². The second-order valence-electron chi connectivity index (χ2n) is 4.98. The van der Waals surface area contributed by atoms with Crippen LogP contribution in [0, 0.1) is 5.92 Å². The quantitative estimate of drug-likeness (QED) is 0.729. The van der Waals surface area contributed by atoms with Gasteiger partial charge in [0.05, 0.1) is 0 Å². The molecule has 0 amide bonds. The molecule has 0 unspecified atom stereocenters. The highest BCUT2D eigenvalue weighted by atomic mass is 15.1. The van der Waals surface area contributed by atoms with E-state index < -0.39 is 0 Å². The summed E-state index contributed by atoms with van der Waals surface area (Å²) in [7, 11) is 0. The maximum Gasteiger partial charge on any atom is 0.0236 e. The van der Waals surface area contributed by atoms with E-state index in [1.165, 1.54) is 31.5 Å². The van der Waals surface area contributed by atoms with Crippen LogP contribution in [0.5, 0.6) is 0 Å². The van der Waals surface area contributed by atoms with Crippen LogP contribution in [0.1, 0.15) is 31.4 Å². The summed E-state index contributed by atoms with van der Waals surface area (Å²) in [5.41, 5.74) is 3.09. The largest absolute Gasteiger partial charge is 0.299 e. The summed E-state index contributed by atoms with van der Waals surface area (Å²) >= 11 is 0.